The molecule has 9 atom stereocenters. The van der Waals surface area contributed by atoms with Gasteiger partial charge in [-0.25, -0.2) is 4.79 Å². The van der Waals surface area contributed by atoms with Crippen LogP contribution in [0, 0.1) is 45.3 Å². The third kappa shape index (κ3) is 2.85. The van der Waals surface area contributed by atoms with Crippen molar-refractivity contribution in [3.8, 4) is 0 Å². The van der Waals surface area contributed by atoms with Crippen molar-refractivity contribution < 1.29 is 24.2 Å². The number of esters is 2. The Labute approximate surface area is 192 Å². The third-order valence-electron chi connectivity index (χ3n) is 11.2. The van der Waals surface area contributed by atoms with E-state index in [2.05, 4.69) is 33.8 Å². The first kappa shape index (κ1) is 22.4. The summed E-state index contributed by atoms with van der Waals surface area (Å²) >= 11 is 0. The van der Waals surface area contributed by atoms with Gasteiger partial charge in [-0.15, -0.1) is 0 Å². The standard InChI is InChI=1S/C27H40O5/c1-16(28)31-15-24(2)11-6-12-25(3)18(24)9-13-26(4)19-8-7-17-21(23(30)32-22(17)29)27(19,5)14-10-20(25)26/h7,18-21,23,30H,6,8-15H2,1-5H3/t18-,19-,20+,21-,23+,24-,25-,26-,27-/m0/s1. The molecule has 3 saturated carbocycles. The Bertz CT molecular complexity index is 864. The summed E-state index contributed by atoms with van der Waals surface area (Å²) in [6, 6.07) is 0. The monoisotopic (exact) mass is 444 g/mol. The Balaban J connectivity index is 1.49. The molecule has 5 heteroatoms. The summed E-state index contributed by atoms with van der Waals surface area (Å²) in [4.78, 5) is 23.9. The molecule has 0 aromatic carbocycles. The highest BCUT2D eigenvalue weighted by Gasteiger charge is 2.68. The smallest absolute Gasteiger partial charge is 0.336 e. The summed E-state index contributed by atoms with van der Waals surface area (Å²) in [5.74, 6) is 0.905. The summed E-state index contributed by atoms with van der Waals surface area (Å²) in [5.41, 5.74) is 1.05. The molecule has 0 unspecified atom stereocenters. The number of hydrogen-bond donors (Lipinski definition) is 1. The van der Waals surface area contributed by atoms with Gasteiger partial charge in [-0.05, 0) is 78.9 Å². The van der Waals surface area contributed by atoms with E-state index in [0.717, 1.165) is 38.5 Å². The number of carbonyl (C=O) groups excluding carboxylic acids is 2. The minimum absolute atomic E-state index is 0.0439. The summed E-state index contributed by atoms with van der Waals surface area (Å²) in [6.07, 6.45) is 10.0. The Morgan fingerprint density at radius 3 is 2.41 bits per heavy atom. The molecule has 0 radical (unpaired) electrons. The molecule has 0 bridgehead atoms. The molecule has 0 aromatic heterocycles. The van der Waals surface area contributed by atoms with Gasteiger partial charge in [0.2, 0.25) is 6.29 Å². The third-order valence-corrected chi connectivity index (χ3v) is 11.2. The Hall–Kier alpha value is -1.36. The van der Waals surface area contributed by atoms with E-state index >= 15 is 0 Å². The lowest BCUT2D eigenvalue weighted by Gasteiger charge is -2.69. The van der Waals surface area contributed by atoms with Gasteiger partial charge in [0.25, 0.3) is 0 Å². The maximum atomic E-state index is 12.3. The van der Waals surface area contributed by atoms with Crippen molar-refractivity contribution >= 4 is 11.9 Å². The van der Waals surface area contributed by atoms with Crippen LogP contribution in [0.2, 0.25) is 0 Å². The van der Waals surface area contributed by atoms with Crippen LogP contribution in [-0.4, -0.2) is 29.9 Å². The van der Waals surface area contributed by atoms with E-state index in [0.29, 0.717) is 29.9 Å². The van der Waals surface area contributed by atoms with Crippen molar-refractivity contribution in [2.24, 2.45) is 45.3 Å². The van der Waals surface area contributed by atoms with Crippen LogP contribution in [0.25, 0.3) is 0 Å². The number of carbonyl (C=O) groups is 2. The number of aliphatic hydroxyl groups is 1. The molecule has 5 nitrogen and oxygen atoms in total. The van der Waals surface area contributed by atoms with Gasteiger partial charge in [-0.3, -0.25) is 4.79 Å². The number of allylic oxidation sites excluding steroid dienone is 1. The van der Waals surface area contributed by atoms with Crippen LogP contribution in [0.15, 0.2) is 11.6 Å². The molecule has 32 heavy (non-hydrogen) atoms. The van der Waals surface area contributed by atoms with Crippen LogP contribution in [0.4, 0.5) is 0 Å². The molecule has 4 fully saturated rings. The van der Waals surface area contributed by atoms with E-state index in [9.17, 15) is 14.7 Å². The molecular formula is C27H40O5. The molecule has 4 aliphatic carbocycles. The van der Waals surface area contributed by atoms with Crippen LogP contribution in [-0.2, 0) is 19.1 Å². The Kier molecular flexibility index (Phi) is 4.96. The number of rotatable bonds is 2. The number of cyclic esters (lactones) is 1. The van der Waals surface area contributed by atoms with Crippen molar-refractivity contribution in [2.75, 3.05) is 6.61 Å². The fraction of sp³-hybridized carbons (Fsp3) is 0.852. The van der Waals surface area contributed by atoms with Gasteiger partial charge in [-0.2, -0.15) is 0 Å². The van der Waals surface area contributed by atoms with Gasteiger partial charge in [-0.1, -0.05) is 40.2 Å². The number of hydrogen-bond acceptors (Lipinski definition) is 5. The molecule has 5 aliphatic rings. The first-order valence-corrected chi connectivity index (χ1v) is 12.7. The normalized spacial score (nSPS) is 52.0. The van der Waals surface area contributed by atoms with Gasteiger partial charge in [0.05, 0.1) is 12.5 Å². The van der Waals surface area contributed by atoms with E-state index < -0.39 is 6.29 Å². The highest BCUT2D eigenvalue weighted by atomic mass is 16.6. The molecular weight excluding hydrogens is 404 g/mol. The Morgan fingerprint density at radius 2 is 1.69 bits per heavy atom. The highest BCUT2D eigenvalue weighted by Crippen LogP contribution is 2.73. The van der Waals surface area contributed by atoms with Gasteiger partial charge in [0.15, 0.2) is 0 Å². The van der Waals surface area contributed by atoms with Gasteiger partial charge in [0.1, 0.15) is 0 Å². The zero-order chi connectivity index (χ0) is 23.1. The quantitative estimate of drug-likeness (QED) is 0.606. The lowest BCUT2D eigenvalue weighted by atomic mass is 9.35. The molecule has 0 spiro atoms. The SMILES string of the molecule is CC(=O)OC[C@]1(C)CCC[C@]2(C)[C@H]3CC[C@@]4(C)[C@@H](CC=C5C(=O)O[C@@H](O)[C@H]54)[C@]3(C)CC[C@@H]12. The maximum absolute atomic E-state index is 12.3. The lowest BCUT2D eigenvalue weighted by Crippen LogP contribution is -2.63. The average Bonchev–Trinajstić information content (AvgIpc) is 3.00. The fourth-order valence-electron chi connectivity index (χ4n) is 9.97. The topological polar surface area (TPSA) is 72.8 Å². The van der Waals surface area contributed by atoms with E-state index in [1.165, 1.54) is 19.8 Å². The van der Waals surface area contributed by atoms with Crippen molar-refractivity contribution in [3.63, 3.8) is 0 Å². The van der Waals surface area contributed by atoms with Gasteiger partial charge in [0, 0.05) is 17.9 Å². The molecule has 5 rings (SSSR count). The van der Waals surface area contributed by atoms with Crippen LogP contribution in [0.3, 0.4) is 0 Å². The lowest BCUT2D eigenvalue weighted by molar-refractivity contribution is -0.219. The van der Waals surface area contributed by atoms with Crippen LogP contribution in [0.5, 0.6) is 0 Å². The molecule has 178 valence electrons. The molecule has 0 amide bonds. The number of fused-ring (bicyclic) bond motifs is 7. The Morgan fingerprint density at radius 1 is 1.03 bits per heavy atom. The van der Waals surface area contributed by atoms with E-state index in [4.69, 9.17) is 9.47 Å². The second kappa shape index (κ2) is 7.07. The number of ether oxygens (including phenoxy) is 2. The highest BCUT2D eigenvalue weighted by molar-refractivity contribution is 5.91. The van der Waals surface area contributed by atoms with Gasteiger partial charge < -0.3 is 14.6 Å². The molecule has 1 heterocycles. The van der Waals surface area contributed by atoms with E-state index in [1.807, 2.05) is 0 Å². The van der Waals surface area contributed by atoms with Crippen LogP contribution >= 0.6 is 0 Å². The van der Waals surface area contributed by atoms with Gasteiger partial charge >= 0.3 is 11.9 Å². The average molecular weight is 445 g/mol. The molecule has 1 N–H and O–H groups in total. The minimum Gasteiger partial charge on any atom is -0.465 e. The van der Waals surface area contributed by atoms with Crippen molar-refractivity contribution in [3.05, 3.63) is 11.6 Å². The molecule has 1 aliphatic heterocycles. The summed E-state index contributed by atoms with van der Waals surface area (Å²) < 4.78 is 10.9. The van der Waals surface area contributed by atoms with Crippen LogP contribution in [0.1, 0.15) is 86.0 Å². The van der Waals surface area contributed by atoms with Crippen molar-refractivity contribution in [1.82, 2.24) is 0 Å². The zero-order valence-electron chi connectivity index (χ0n) is 20.4. The molecule has 1 saturated heterocycles. The minimum atomic E-state index is -1.00. The van der Waals surface area contributed by atoms with E-state index in [-0.39, 0.29) is 39.5 Å². The zero-order valence-corrected chi connectivity index (χ0v) is 20.4. The second-order valence-corrected chi connectivity index (χ2v) is 12.7. The largest absolute Gasteiger partial charge is 0.465 e. The van der Waals surface area contributed by atoms with Crippen LogP contribution < -0.4 is 0 Å². The summed E-state index contributed by atoms with van der Waals surface area (Å²) in [7, 11) is 0. The predicted octanol–water partition coefficient (Wildman–Crippen LogP) is 5.02. The predicted molar refractivity (Wildman–Crippen MR) is 120 cm³/mol. The summed E-state index contributed by atoms with van der Waals surface area (Å²) in [5, 5.41) is 10.7. The van der Waals surface area contributed by atoms with Crippen molar-refractivity contribution in [2.45, 2.75) is 92.3 Å². The molecule has 0 aromatic rings. The number of aliphatic hydroxyl groups excluding tert-OH is 1. The first-order valence-electron chi connectivity index (χ1n) is 12.7. The van der Waals surface area contributed by atoms with Crippen molar-refractivity contribution in [1.29, 1.82) is 0 Å². The fourth-order valence-corrected chi connectivity index (χ4v) is 9.97. The maximum Gasteiger partial charge on any atom is 0.336 e. The van der Waals surface area contributed by atoms with E-state index in [1.54, 1.807) is 0 Å². The second-order valence-electron chi connectivity index (χ2n) is 12.7. The first-order chi connectivity index (χ1) is 15.0. The summed E-state index contributed by atoms with van der Waals surface area (Å²) in [6.45, 7) is 11.7.